The third kappa shape index (κ3) is 4.27. The molecular formula is C24H27N7. The molecule has 31 heavy (non-hydrogen) atoms. The Balaban J connectivity index is 1.37. The highest BCUT2D eigenvalue weighted by atomic mass is 15.2. The van der Waals surface area contributed by atoms with Crippen LogP contribution in [0.1, 0.15) is 38.2 Å². The van der Waals surface area contributed by atoms with E-state index in [1.807, 2.05) is 18.2 Å². The summed E-state index contributed by atoms with van der Waals surface area (Å²) in [6, 6.07) is 13.0. The lowest BCUT2D eigenvalue weighted by atomic mass is 10.1. The van der Waals surface area contributed by atoms with Gasteiger partial charge in [-0.1, -0.05) is 25.0 Å². The number of aryl methyl sites for hydroxylation is 1. The fourth-order valence-corrected chi connectivity index (χ4v) is 4.28. The number of nitrogens with zero attached hydrogens (tertiary/aromatic N) is 5. The number of pyridine rings is 1. The standard InChI is InChI=1S/C24H27N7/c1-2-31-22(18-10-12-25-13-11-18)29-21-16-27-24(30-23(21)31)28-20-9-5-6-17(14-20)15-26-19-7-3-4-8-19/h5-6,9-14,16,19,26H,2-4,7-8,15H2,1H3,(H,27,28,30). The Morgan fingerprint density at radius 2 is 1.90 bits per heavy atom. The van der Waals surface area contributed by atoms with Gasteiger partial charge < -0.3 is 15.2 Å². The van der Waals surface area contributed by atoms with Crippen molar-refractivity contribution in [2.45, 2.75) is 51.7 Å². The summed E-state index contributed by atoms with van der Waals surface area (Å²) in [6.07, 6.45) is 10.6. The zero-order valence-corrected chi connectivity index (χ0v) is 17.8. The van der Waals surface area contributed by atoms with Gasteiger partial charge >= 0.3 is 0 Å². The summed E-state index contributed by atoms with van der Waals surface area (Å²) in [7, 11) is 0. The van der Waals surface area contributed by atoms with E-state index in [2.05, 4.69) is 50.3 Å². The molecule has 1 aliphatic carbocycles. The van der Waals surface area contributed by atoms with E-state index in [4.69, 9.17) is 9.97 Å². The number of hydrogen-bond donors (Lipinski definition) is 2. The molecule has 0 atom stereocenters. The van der Waals surface area contributed by atoms with Crippen molar-refractivity contribution in [1.82, 2.24) is 29.8 Å². The van der Waals surface area contributed by atoms with Crippen molar-refractivity contribution in [2.75, 3.05) is 5.32 Å². The summed E-state index contributed by atoms with van der Waals surface area (Å²) >= 11 is 0. The summed E-state index contributed by atoms with van der Waals surface area (Å²) in [4.78, 5) is 18.1. The number of imidazole rings is 1. The zero-order valence-electron chi connectivity index (χ0n) is 17.8. The van der Waals surface area contributed by atoms with Crippen LogP contribution >= 0.6 is 0 Å². The molecule has 7 nitrogen and oxygen atoms in total. The van der Waals surface area contributed by atoms with Crippen molar-refractivity contribution in [3.8, 4) is 11.4 Å². The third-order valence-electron chi connectivity index (χ3n) is 5.88. The Bertz CT molecular complexity index is 1160. The molecule has 5 rings (SSSR count). The third-order valence-corrected chi connectivity index (χ3v) is 5.88. The molecule has 3 heterocycles. The van der Waals surface area contributed by atoms with Crippen LogP contribution in [0.4, 0.5) is 11.6 Å². The Morgan fingerprint density at radius 3 is 2.71 bits per heavy atom. The predicted molar refractivity (Wildman–Crippen MR) is 123 cm³/mol. The minimum Gasteiger partial charge on any atom is -0.324 e. The van der Waals surface area contributed by atoms with Crippen molar-refractivity contribution in [3.05, 3.63) is 60.6 Å². The first-order chi connectivity index (χ1) is 15.3. The van der Waals surface area contributed by atoms with Gasteiger partial charge in [0, 0.05) is 42.8 Å². The largest absolute Gasteiger partial charge is 0.324 e. The summed E-state index contributed by atoms with van der Waals surface area (Å²) < 4.78 is 2.11. The van der Waals surface area contributed by atoms with Crippen molar-refractivity contribution >= 4 is 22.8 Å². The molecule has 0 spiro atoms. The summed E-state index contributed by atoms with van der Waals surface area (Å²) in [6.45, 7) is 3.76. The van der Waals surface area contributed by atoms with Gasteiger partial charge in [0.05, 0.1) is 6.20 Å². The molecule has 3 aromatic heterocycles. The Kier molecular flexibility index (Phi) is 5.58. The van der Waals surface area contributed by atoms with Gasteiger partial charge in [0.25, 0.3) is 0 Å². The number of anilines is 2. The van der Waals surface area contributed by atoms with E-state index in [-0.39, 0.29) is 0 Å². The van der Waals surface area contributed by atoms with Crippen molar-refractivity contribution in [1.29, 1.82) is 0 Å². The van der Waals surface area contributed by atoms with Gasteiger partial charge in [0.15, 0.2) is 5.65 Å². The fraction of sp³-hybridized carbons (Fsp3) is 0.333. The minimum absolute atomic E-state index is 0.573. The highest BCUT2D eigenvalue weighted by Gasteiger charge is 2.15. The van der Waals surface area contributed by atoms with Crippen molar-refractivity contribution in [3.63, 3.8) is 0 Å². The van der Waals surface area contributed by atoms with E-state index in [1.54, 1.807) is 18.6 Å². The maximum absolute atomic E-state index is 4.77. The fourth-order valence-electron chi connectivity index (χ4n) is 4.28. The lowest BCUT2D eigenvalue weighted by Gasteiger charge is -2.13. The van der Waals surface area contributed by atoms with Crippen molar-refractivity contribution in [2.24, 2.45) is 0 Å². The first-order valence-corrected chi connectivity index (χ1v) is 11.0. The van der Waals surface area contributed by atoms with Gasteiger partial charge in [-0.05, 0) is 49.6 Å². The lowest BCUT2D eigenvalue weighted by molar-refractivity contribution is 0.524. The molecule has 0 radical (unpaired) electrons. The predicted octanol–water partition coefficient (Wildman–Crippen LogP) is 4.68. The lowest BCUT2D eigenvalue weighted by Crippen LogP contribution is -2.25. The van der Waals surface area contributed by atoms with E-state index in [0.717, 1.165) is 41.3 Å². The van der Waals surface area contributed by atoms with Gasteiger partial charge in [0.1, 0.15) is 11.3 Å². The van der Waals surface area contributed by atoms with Crippen molar-refractivity contribution < 1.29 is 0 Å². The number of rotatable bonds is 7. The second-order valence-electron chi connectivity index (χ2n) is 8.01. The second-order valence-corrected chi connectivity index (χ2v) is 8.01. The molecule has 0 aliphatic heterocycles. The summed E-state index contributed by atoms with van der Waals surface area (Å²) in [5, 5.41) is 7.04. The molecule has 7 heteroatoms. The normalized spacial score (nSPS) is 14.4. The van der Waals surface area contributed by atoms with Crippen LogP contribution in [0.5, 0.6) is 0 Å². The minimum atomic E-state index is 0.573. The van der Waals surface area contributed by atoms with Gasteiger partial charge in [-0.2, -0.15) is 4.98 Å². The first-order valence-electron chi connectivity index (χ1n) is 11.0. The Morgan fingerprint density at radius 1 is 1.06 bits per heavy atom. The van der Waals surface area contributed by atoms with Crippen LogP contribution in [0.15, 0.2) is 55.0 Å². The highest BCUT2D eigenvalue weighted by Crippen LogP contribution is 2.25. The number of benzene rings is 1. The Labute approximate surface area is 182 Å². The monoisotopic (exact) mass is 413 g/mol. The molecule has 0 bridgehead atoms. The average molecular weight is 414 g/mol. The van der Waals surface area contributed by atoms with E-state index in [9.17, 15) is 0 Å². The van der Waals surface area contributed by atoms with E-state index in [1.165, 1.54) is 31.2 Å². The topological polar surface area (TPSA) is 80.5 Å². The van der Waals surface area contributed by atoms with Gasteiger partial charge in [0.2, 0.25) is 5.95 Å². The second kappa shape index (κ2) is 8.81. The molecule has 158 valence electrons. The summed E-state index contributed by atoms with van der Waals surface area (Å²) in [5.41, 5.74) is 4.88. The van der Waals surface area contributed by atoms with Crippen LogP contribution in [-0.4, -0.2) is 30.5 Å². The Hall–Kier alpha value is -3.32. The molecule has 1 aliphatic rings. The average Bonchev–Trinajstić information content (AvgIpc) is 3.46. The van der Waals surface area contributed by atoms with Gasteiger partial charge in [-0.15, -0.1) is 0 Å². The molecule has 0 saturated heterocycles. The smallest absolute Gasteiger partial charge is 0.229 e. The maximum atomic E-state index is 4.77. The SMILES string of the molecule is CCn1c(-c2ccncc2)nc2cnc(Nc3cccc(CNC4CCCC4)c3)nc21. The van der Waals surface area contributed by atoms with Gasteiger partial charge in [-0.3, -0.25) is 4.98 Å². The quantitative estimate of drug-likeness (QED) is 0.458. The van der Waals surface area contributed by atoms with Crippen LogP contribution in [0, 0.1) is 0 Å². The van der Waals surface area contributed by atoms with E-state index < -0.39 is 0 Å². The van der Waals surface area contributed by atoms with Crippen LogP contribution in [-0.2, 0) is 13.1 Å². The zero-order chi connectivity index (χ0) is 21.0. The molecule has 2 N–H and O–H groups in total. The first kappa shape index (κ1) is 19.6. The van der Waals surface area contributed by atoms with Crippen LogP contribution in [0.3, 0.4) is 0 Å². The number of nitrogens with one attached hydrogen (secondary N) is 2. The van der Waals surface area contributed by atoms with Crippen LogP contribution < -0.4 is 10.6 Å². The molecule has 1 aromatic carbocycles. The molecular weight excluding hydrogens is 386 g/mol. The van der Waals surface area contributed by atoms with Crippen LogP contribution in [0.25, 0.3) is 22.6 Å². The molecule has 0 amide bonds. The summed E-state index contributed by atoms with van der Waals surface area (Å²) in [5.74, 6) is 1.45. The molecule has 1 saturated carbocycles. The number of fused-ring (bicyclic) bond motifs is 1. The highest BCUT2D eigenvalue weighted by molar-refractivity contribution is 5.77. The maximum Gasteiger partial charge on any atom is 0.229 e. The number of hydrogen-bond acceptors (Lipinski definition) is 6. The molecule has 1 fully saturated rings. The molecule has 4 aromatic rings. The van der Waals surface area contributed by atoms with Crippen LogP contribution in [0.2, 0.25) is 0 Å². The van der Waals surface area contributed by atoms with Gasteiger partial charge in [-0.25, -0.2) is 9.97 Å². The van der Waals surface area contributed by atoms with E-state index >= 15 is 0 Å². The van der Waals surface area contributed by atoms with E-state index in [0.29, 0.717) is 12.0 Å². The number of aromatic nitrogens is 5. The molecule has 0 unspecified atom stereocenters.